The van der Waals surface area contributed by atoms with E-state index in [1.807, 2.05) is 78.6 Å². The Labute approximate surface area is 195 Å². The number of nitrogens with one attached hydrogen (secondary N) is 1. The Balaban J connectivity index is 1.55. The molecular weight excluding hydrogens is 406 g/mol. The molecule has 0 spiro atoms. The van der Waals surface area contributed by atoms with Crippen molar-refractivity contribution in [1.82, 2.24) is 4.90 Å². The zero-order valence-electron chi connectivity index (χ0n) is 18.6. The van der Waals surface area contributed by atoms with Crippen molar-refractivity contribution in [2.24, 2.45) is 0 Å². The molecule has 1 heterocycles. The first-order valence-corrected chi connectivity index (χ1v) is 11.0. The van der Waals surface area contributed by atoms with Crippen LogP contribution in [0.1, 0.15) is 32.6 Å². The largest absolute Gasteiger partial charge is 0.371 e. The molecule has 0 fully saturated rings. The molecule has 1 amide bonds. The minimum Gasteiger partial charge on any atom is -0.371 e. The average molecular weight is 432 g/mol. The number of hydrogen-bond donors (Lipinski definition) is 1. The molecule has 0 aromatic heterocycles. The van der Waals surface area contributed by atoms with Gasteiger partial charge in [-0.2, -0.15) is 5.26 Å². The van der Waals surface area contributed by atoms with Crippen LogP contribution in [0.15, 0.2) is 84.9 Å². The molecule has 0 saturated heterocycles. The molecule has 3 aromatic rings. The van der Waals surface area contributed by atoms with Crippen molar-refractivity contribution in [3.8, 4) is 17.9 Å². The van der Waals surface area contributed by atoms with Crippen LogP contribution >= 0.6 is 0 Å². The molecule has 1 N–H and O–H groups in total. The van der Waals surface area contributed by atoms with Crippen molar-refractivity contribution in [2.75, 3.05) is 18.4 Å². The highest BCUT2D eigenvalue weighted by atomic mass is 16.2. The maximum Gasteiger partial charge on any atom is 0.254 e. The molecule has 1 aliphatic heterocycles. The van der Waals surface area contributed by atoms with Crippen LogP contribution in [-0.4, -0.2) is 29.9 Å². The summed E-state index contributed by atoms with van der Waals surface area (Å²) in [5.74, 6) is 6.68. The van der Waals surface area contributed by atoms with Crippen molar-refractivity contribution in [3.05, 3.63) is 113 Å². The lowest BCUT2D eigenvalue weighted by atomic mass is 10.0. The second-order valence-electron chi connectivity index (χ2n) is 8.06. The molecule has 0 saturated carbocycles. The maximum atomic E-state index is 12.7. The first-order chi connectivity index (χ1) is 16.1. The zero-order valence-corrected chi connectivity index (χ0v) is 18.6. The predicted molar refractivity (Wildman–Crippen MR) is 132 cm³/mol. The van der Waals surface area contributed by atoms with Gasteiger partial charge in [-0.1, -0.05) is 60.4 Å². The summed E-state index contributed by atoms with van der Waals surface area (Å²) in [5.41, 5.74) is 5.16. The summed E-state index contributed by atoms with van der Waals surface area (Å²) in [5, 5.41) is 12.7. The van der Waals surface area contributed by atoms with E-state index in [4.69, 9.17) is 0 Å². The highest BCUT2D eigenvalue weighted by Gasteiger charge is 2.18. The lowest BCUT2D eigenvalue weighted by molar-refractivity contribution is 0.0799. The van der Waals surface area contributed by atoms with Gasteiger partial charge in [-0.15, -0.1) is 0 Å². The third kappa shape index (κ3) is 5.70. The molecule has 4 nitrogen and oxygen atoms in total. The zero-order chi connectivity index (χ0) is 23.0. The summed E-state index contributed by atoms with van der Waals surface area (Å²) in [6.45, 7) is 3.29. The Kier molecular flexibility index (Phi) is 6.88. The summed E-state index contributed by atoms with van der Waals surface area (Å²) >= 11 is 0. The fraction of sp³-hybridized carbons (Fsp3) is 0.172. The standard InChI is InChI=1S/C29H25N3O/c1-22-18-24(13-15-28(22)29(33)32-16-5-6-17-32)12-14-27(19-23-8-3-2-4-9-23)31-26-11-7-10-25(20-26)21-30/h2-11,13,15,18,20,27,31H,16-17,19H2,1H3. The molecule has 162 valence electrons. The lowest BCUT2D eigenvalue weighted by Gasteiger charge is -2.17. The number of hydrogen-bond acceptors (Lipinski definition) is 3. The van der Waals surface area contributed by atoms with Crippen LogP contribution in [0.3, 0.4) is 0 Å². The van der Waals surface area contributed by atoms with Gasteiger partial charge in [0.15, 0.2) is 0 Å². The van der Waals surface area contributed by atoms with E-state index < -0.39 is 0 Å². The molecule has 0 radical (unpaired) electrons. The summed E-state index contributed by atoms with van der Waals surface area (Å²) in [7, 11) is 0. The van der Waals surface area contributed by atoms with Gasteiger partial charge < -0.3 is 10.2 Å². The maximum absolute atomic E-state index is 12.7. The Hall–Kier alpha value is -4.28. The second-order valence-corrected chi connectivity index (χ2v) is 8.06. The number of nitriles is 1. The van der Waals surface area contributed by atoms with Gasteiger partial charge in [0.25, 0.3) is 5.91 Å². The van der Waals surface area contributed by atoms with Crippen molar-refractivity contribution in [3.63, 3.8) is 0 Å². The number of nitrogens with zero attached hydrogens (tertiary/aromatic N) is 2. The van der Waals surface area contributed by atoms with E-state index in [1.165, 1.54) is 5.56 Å². The van der Waals surface area contributed by atoms with Gasteiger partial charge in [-0.3, -0.25) is 4.79 Å². The minimum atomic E-state index is -0.140. The third-order valence-electron chi connectivity index (χ3n) is 5.57. The van der Waals surface area contributed by atoms with Gasteiger partial charge in [0.05, 0.1) is 17.7 Å². The van der Waals surface area contributed by atoms with E-state index in [2.05, 4.69) is 35.4 Å². The van der Waals surface area contributed by atoms with Crippen molar-refractivity contribution >= 4 is 11.6 Å². The molecule has 1 unspecified atom stereocenters. The number of rotatable bonds is 5. The predicted octanol–water partition coefficient (Wildman–Crippen LogP) is 4.95. The Morgan fingerprint density at radius 1 is 1.00 bits per heavy atom. The van der Waals surface area contributed by atoms with Gasteiger partial charge in [0.1, 0.15) is 0 Å². The van der Waals surface area contributed by atoms with Crippen LogP contribution < -0.4 is 5.32 Å². The highest BCUT2D eigenvalue weighted by molar-refractivity contribution is 5.96. The molecule has 1 atom stereocenters. The van der Waals surface area contributed by atoms with Gasteiger partial charge in [0.2, 0.25) is 0 Å². The molecule has 4 heteroatoms. The SMILES string of the molecule is Cc1cc(C#CC(Cc2ccccc2)Nc2cccc(C#N)c2)ccc1C(=O)N1CC=CC1. The minimum absolute atomic E-state index is 0.0537. The van der Waals surface area contributed by atoms with Crippen LogP contribution in [0.2, 0.25) is 0 Å². The third-order valence-corrected chi connectivity index (χ3v) is 5.57. The van der Waals surface area contributed by atoms with E-state index in [0.717, 1.165) is 28.8 Å². The van der Waals surface area contributed by atoms with Gasteiger partial charge in [0, 0.05) is 36.3 Å². The van der Waals surface area contributed by atoms with Crippen molar-refractivity contribution in [2.45, 2.75) is 19.4 Å². The number of amides is 1. The van der Waals surface area contributed by atoms with Crippen LogP contribution in [0, 0.1) is 30.1 Å². The first kappa shape index (κ1) is 21.9. The normalized spacial score (nSPS) is 13.0. The average Bonchev–Trinajstić information content (AvgIpc) is 3.38. The number of benzene rings is 3. The second kappa shape index (κ2) is 10.4. The van der Waals surface area contributed by atoms with E-state index in [9.17, 15) is 10.1 Å². The Morgan fingerprint density at radius 2 is 1.79 bits per heavy atom. The number of anilines is 1. The molecule has 4 rings (SSSR count). The smallest absolute Gasteiger partial charge is 0.254 e. The van der Waals surface area contributed by atoms with E-state index in [1.54, 1.807) is 6.07 Å². The highest BCUT2D eigenvalue weighted by Crippen LogP contribution is 2.16. The summed E-state index contributed by atoms with van der Waals surface area (Å²) < 4.78 is 0. The molecule has 0 aliphatic carbocycles. The quantitative estimate of drug-likeness (QED) is 0.459. The van der Waals surface area contributed by atoms with Crippen LogP contribution in [0.5, 0.6) is 0 Å². The summed E-state index contributed by atoms with van der Waals surface area (Å²) in [6.07, 6.45) is 4.75. The van der Waals surface area contributed by atoms with Gasteiger partial charge >= 0.3 is 0 Å². The topological polar surface area (TPSA) is 56.1 Å². The first-order valence-electron chi connectivity index (χ1n) is 11.0. The monoisotopic (exact) mass is 431 g/mol. The van der Waals surface area contributed by atoms with Crippen molar-refractivity contribution < 1.29 is 4.79 Å². The van der Waals surface area contributed by atoms with Crippen LogP contribution in [0.4, 0.5) is 5.69 Å². The fourth-order valence-electron chi connectivity index (χ4n) is 3.83. The number of carbonyl (C=O) groups is 1. The molecular formula is C29H25N3O. The molecule has 33 heavy (non-hydrogen) atoms. The van der Waals surface area contributed by atoms with E-state index >= 15 is 0 Å². The van der Waals surface area contributed by atoms with Gasteiger partial charge in [-0.05, 0) is 54.4 Å². The fourth-order valence-corrected chi connectivity index (χ4v) is 3.83. The van der Waals surface area contributed by atoms with E-state index in [0.29, 0.717) is 18.7 Å². The number of carbonyl (C=O) groups excluding carboxylic acids is 1. The van der Waals surface area contributed by atoms with E-state index in [-0.39, 0.29) is 11.9 Å². The summed E-state index contributed by atoms with van der Waals surface area (Å²) in [6, 6.07) is 25.4. The van der Waals surface area contributed by atoms with Crippen LogP contribution in [0.25, 0.3) is 0 Å². The Bertz CT molecular complexity index is 1270. The molecule has 1 aliphatic rings. The van der Waals surface area contributed by atoms with Crippen LogP contribution in [-0.2, 0) is 6.42 Å². The number of aryl methyl sites for hydroxylation is 1. The summed E-state index contributed by atoms with van der Waals surface area (Å²) in [4.78, 5) is 14.5. The van der Waals surface area contributed by atoms with Crippen molar-refractivity contribution in [1.29, 1.82) is 5.26 Å². The Morgan fingerprint density at radius 3 is 2.52 bits per heavy atom. The van der Waals surface area contributed by atoms with Gasteiger partial charge in [-0.25, -0.2) is 0 Å². The molecule has 3 aromatic carbocycles. The lowest BCUT2D eigenvalue weighted by Crippen LogP contribution is -2.28. The molecule has 0 bridgehead atoms.